The summed E-state index contributed by atoms with van der Waals surface area (Å²) in [6.45, 7) is 1.68. The molecular weight excluding hydrogens is 340 g/mol. The van der Waals surface area contributed by atoms with Crippen molar-refractivity contribution in [2.24, 2.45) is 0 Å². The molecule has 0 saturated carbocycles. The number of Topliss-reactive ketones (excluding diaryl/α,β-unsaturated/α-hetero) is 1. The number of benzene rings is 4. The molecule has 4 aromatic carbocycles. The molecule has 28 heavy (non-hydrogen) atoms. The number of hydrogen-bond acceptors (Lipinski definition) is 1. The second-order valence-corrected chi connectivity index (χ2v) is 7.33. The summed E-state index contributed by atoms with van der Waals surface area (Å²) in [7, 11) is 0. The van der Waals surface area contributed by atoms with Gasteiger partial charge in [0.1, 0.15) is 0 Å². The highest BCUT2D eigenvalue weighted by Crippen LogP contribution is 2.47. The van der Waals surface area contributed by atoms with Gasteiger partial charge in [0.25, 0.3) is 0 Å². The van der Waals surface area contributed by atoms with Gasteiger partial charge in [-0.3, -0.25) is 4.79 Å². The Hall–Kier alpha value is -3.45. The molecule has 1 aliphatic rings. The Morgan fingerprint density at radius 2 is 1.43 bits per heavy atom. The van der Waals surface area contributed by atoms with Crippen LogP contribution in [0.2, 0.25) is 0 Å². The van der Waals surface area contributed by atoms with Crippen molar-refractivity contribution in [1.29, 1.82) is 0 Å². The molecule has 1 nitrogen and oxygen atoms in total. The Labute approximate surface area is 165 Å². The van der Waals surface area contributed by atoms with Gasteiger partial charge in [-0.15, -0.1) is 0 Å². The Bertz CT molecular complexity index is 1230. The zero-order chi connectivity index (χ0) is 19.1. The first-order valence-corrected chi connectivity index (χ1v) is 9.62. The van der Waals surface area contributed by atoms with Crippen molar-refractivity contribution < 1.29 is 4.79 Å². The molecule has 0 N–H and O–H groups in total. The van der Waals surface area contributed by atoms with Crippen LogP contribution in [0.25, 0.3) is 22.4 Å². The van der Waals surface area contributed by atoms with Crippen LogP contribution in [0.3, 0.4) is 0 Å². The van der Waals surface area contributed by atoms with Gasteiger partial charge in [-0.1, -0.05) is 91.0 Å². The van der Waals surface area contributed by atoms with Crippen molar-refractivity contribution >= 4 is 28.2 Å². The van der Waals surface area contributed by atoms with E-state index in [9.17, 15) is 4.79 Å². The van der Waals surface area contributed by atoms with Crippen LogP contribution in [0.1, 0.15) is 45.5 Å². The number of ketones is 1. The van der Waals surface area contributed by atoms with Crippen molar-refractivity contribution in [3.8, 4) is 0 Å². The molecule has 0 radical (unpaired) electrons. The number of fused-ring (bicyclic) bond motifs is 2. The first-order valence-electron chi connectivity index (χ1n) is 9.62. The van der Waals surface area contributed by atoms with Gasteiger partial charge in [-0.25, -0.2) is 0 Å². The van der Waals surface area contributed by atoms with Crippen LogP contribution in [-0.4, -0.2) is 5.78 Å². The highest BCUT2D eigenvalue weighted by atomic mass is 16.1. The summed E-state index contributed by atoms with van der Waals surface area (Å²) in [4.78, 5) is 12.8. The fraction of sp³-hybridized carbons (Fsp3) is 0.0741. The highest BCUT2D eigenvalue weighted by molar-refractivity contribution is 6.10. The zero-order valence-corrected chi connectivity index (χ0v) is 15.7. The number of carbonyl (C=O) groups excluding carboxylic acids is 1. The van der Waals surface area contributed by atoms with E-state index in [1.165, 1.54) is 22.3 Å². The standard InChI is InChI=1S/C27H20O/c1-18(28)26-22-13-7-5-11-20(22)15-16-24(26)27-23-14-8-6-12-21(23)17-25(27)19-9-3-2-4-10-19/h2-17,27H,1H3. The maximum absolute atomic E-state index is 12.8. The SMILES string of the molecule is CC(=O)c1c(C2C(c3ccccc3)=Cc3ccccc32)ccc2ccccc12. The van der Waals surface area contributed by atoms with E-state index in [1.54, 1.807) is 6.92 Å². The van der Waals surface area contributed by atoms with Crippen LogP contribution in [-0.2, 0) is 0 Å². The van der Waals surface area contributed by atoms with Crippen molar-refractivity contribution in [2.45, 2.75) is 12.8 Å². The first-order chi connectivity index (χ1) is 13.7. The number of allylic oxidation sites excluding steroid dienone is 1. The molecule has 5 rings (SSSR count). The fourth-order valence-corrected chi connectivity index (χ4v) is 4.46. The lowest BCUT2D eigenvalue weighted by molar-refractivity contribution is 0.101. The van der Waals surface area contributed by atoms with Crippen molar-refractivity contribution in [3.63, 3.8) is 0 Å². The fourth-order valence-electron chi connectivity index (χ4n) is 4.46. The largest absolute Gasteiger partial charge is 0.294 e. The average molecular weight is 360 g/mol. The lowest BCUT2D eigenvalue weighted by Crippen LogP contribution is -2.08. The van der Waals surface area contributed by atoms with Gasteiger partial charge >= 0.3 is 0 Å². The van der Waals surface area contributed by atoms with Crippen molar-refractivity contribution in [3.05, 3.63) is 119 Å². The average Bonchev–Trinajstić information content (AvgIpc) is 3.13. The number of hydrogen-bond donors (Lipinski definition) is 0. The van der Waals surface area contributed by atoms with Gasteiger partial charge in [0.05, 0.1) is 0 Å². The number of carbonyl (C=O) groups is 1. The minimum atomic E-state index is 0.0575. The first kappa shape index (κ1) is 16.7. The molecule has 0 fully saturated rings. The minimum absolute atomic E-state index is 0.0575. The highest BCUT2D eigenvalue weighted by Gasteiger charge is 2.30. The Morgan fingerprint density at radius 1 is 0.714 bits per heavy atom. The lowest BCUT2D eigenvalue weighted by atomic mass is 9.81. The summed E-state index contributed by atoms with van der Waals surface area (Å²) in [5.74, 6) is 0.172. The van der Waals surface area contributed by atoms with Crippen LogP contribution in [0.4, 0.5) is 0 Å². The molecule has 0 aliphatic heterocycles. The normalized spacial score (nSPS) is 15.3. The zero-order valence-electron chi connectivity index (χ0n) is 15.7. The third kappa shape index (κ3) is 2.59. The van der Waals surface area contributed by atoms with Gasteiger partial charge in [0.2, 0.25) is 0 Å². The molecule has 0 saturated heterocycles. The predicted octanol–water partition coefficient (Wildman–Crippen LogP) is 6.73. The molecule has 4 aromatic rings. The molecule has 1 heteroatoms. The lowest BCUT2D eigenvalue weighted by Gasteiger charge is -2.22. The molecular formula is C27H20O. The smallest absolute Gasteiger partial charge is 0.160 e. The quantitative estimate of drug-likeness (QED) is 0.370. The minimum Gasteiger partial charge on any atom is -0.294 e. The van der Waals surface area contributed by atoms with Gasteiger partial charge in [-0.2, -0.15) is 0 Å². The van der Waals surface area contributed by atoms with Crippen molar-refractivity contribution in [2.75, 3.05) is 0 Å². The monoisotopic (exact) mass is 360 g/mol. The number of rotatable bonds is 3. The molecule has 1 atom stereocenters. The summed E-state index contributed by atoms with van der Waals surface area (Å²) in [6, 6.07) is 31.4. The van der Waals surface area contributed by atoms with E-state index in [0.717, 1.165) is 21.9 Å². The Balaban J connectivity index is 1.81. The maximum Gasteiger partial charge on any atom is 0.160 e. The van der Waals surface area contributed by atoms with Gasteiger partial charge in [-0.05, 0) is 51.6 Å². The van der Waals surface area contributed by atoms with E-state index in [2.05, 4.69) is 78.9 Å². The Morgan fingerprint density at radius 3 is 2.25 bits per heavy atom. The molecule has 1 unspecified atom stereocenters. The summed E-state index contributed by atoms with van der Waals surface area (Å²) >= 11 is 0. The van der Waals surface area contributed by atoms with E-state index >= 15 is 0 Å². The van der Waals surface area contributed by atoms with Crippen LogP contribution >= 0.6 is 0 Å². The molecule has 0 heterocycles. The van der Waals surface area contributed by atoms with E-state index in [1.807, 2.05) is 18.2 Å². The van der Waals surface area contributed by atoms with Crippen LogP contribution in [0.5, 0.6) is 0 Å². The van der Waals surface area contributed by atoms with E-state index in [0.29, 0.717) is 0 Å². The van der Waals surface area contributed by atoms with Crippen LogP contribution < -0.4 is 0 Å². The second-order valence-electron chi connectivity index (χ2n) is 7.33. The molecule has 0 bridgehead atoms. The van der Waals surface area contributed by atoms with Gasteiger partial charge in [0, 0.05) is 11.5 Å². The van der Waals surface area contributed by atoms with Gasteiger partial charge in [0.15, 0.2) is 5.78 Å². The summed E-state index contributed by atoms with van der Waals surface area (Å²) in [5, 5.41) is 2.14. The third-order valence-corrected chi connectivity index (χ3v) is 5.66. The third-order valence-electron chi connectivity index (χ3n) is 5.66. The van der Waals surface area contributed by atoms with E-state index < -0.39 is 0 Å². The van der Waals surface area contributed by atoms with E-state index in [4.69, 9.17) is 0 Å². The maximum atomic E-state index is 12.8. The van der Waals surface area contributed by atoms with Crippen molar-refractivity contribution in [1.82, 2.24) is 0 Å². The molecule has 0 spiro atoms. The summed E-state index contributed by atoms with van der Waals surface area (Å²) in [5.41, 5.74) is 6.87. The topological polar surface area (TPSA) is 17.1 Å². The summed E-state index contributed by atoms with van der Waals surface area (Å²) in [6.07, 6.45) is 2.27. The molecule has 0 aromatic heterocycles. The molecule has 0 amide bonds. The summed E-state index contributed by atoms with van der Waals surface area (Å²) < 4.78 is 0. The molecule has 134 valence electrons. The van der Waals surface area contributed by atoms with Gasteiger partial charge < -0.3 is 0 Å². The molecule has 1 aliphatic carbocycles. The van der Waals surface area contributed by atoms with Crippen LogP contribution in [0.15, 0.2) is 91.0 Å². The van der Waals surface area contributed by atoms with E-state index in [-0.39, 0.29) is 11.7 Å². The second kappa shape index (κ2) is 6.61. The van der Waals surface area contributed by atoms with Crippen LogP contribution in [0, 0.1) is 0 Å². The predicted molar refractivity (Wildman–Crippen MR) is 117 cm³/mol. The Kier molecular flexibility index (Phi) is 3.95.